The number of ether oxygens (including phenoxy) is 1. The van der Waals surface area contributed by atoms with Crippen molar-refractivity contribution >= 4 is 11.7 Å². The molecule has 0 aliphatic rings. The van der Waals surface area contributed by atoms with E-state index in [1.165, 1.54) is 12.7 Å². The highest BCUT2D eigenvalue weighted by atomic mass is 16.5. The second-order valence-electron chi connectivity index (χ2n) is 5.10. The average molecular weight is 295 g/mol. The third-order valence-corrected chi connectivity index (χ3v) is 3.55. The number of benzene rings is 2. The molecule has 0 aliphatic heterocycles. The van der Waals surface area contributed by atoms with Gasteiger partial charge in [0.1, 0.15) is 0 Å². The SMILES string of the molecule is C=C(C(=O)OC)C(CCc1ccccc1)Nc1ccccc1. The van der Waals surface area contributed by atoms with Crippen LogP contribution in [0, 0.1) is 0 Å². The average Bonchev–Trinajstić information content (AvgIpc) is 2.59. The lowest BCUT2D eigenvalue weighted by atomic mass is 9.99. The molecule has 0 spiro atoms. The van der Waals surface area contributed by atoms with Crippen molar-refractivity contribution in [2.24, 2.45) is 0 Å². The molecular weight excluding hydrogens is 274 g/mol. The summed E-state index contributed by atoms with van der Waals surface area (Å²) in [6.45, 7) is 3.90. The van der Waals surface area contributed by atoms with Crippen LogP contribution in [0.2, 0.25) is 0 Å². The minimum absolute atomic E-state index is 0.157. The van der Waals surface area contributed by atoms with E-state index in [9.17, 15) is 4.79 Å². The van der Waals surface area contributed by atoms with E-state index in [0.29, 0.717) is 5.57 Å². The second kappa shape index (κ2) is 8.03. The van der Waals surface area contributed by atoms with Gasteiger partial charge in [-0.3, -0.25) is 0 Å². The van der Waals surface area contributed by atoms with E-state index >= 15 is 0 Å². The van der Waals surface area contributed by atoms with Crippen molar-refractivity contribution in [3.05, 3.63) is 78.4 Å². The van der Waals surface area contributed by atoms with Gasteiger partial charge in [0.15, 0.2) is 0 Å². The van der Waals surface area contributed by atoms with Crippen LogP contribution in [0.15, 0.2) is 72.8 Å². The number of para-hydroxylation sites is 1. The summed E-state index contributed by atoms with van der Waals surface area (Å²) in [5.74, 6) is -0.374. The van der Waals surface area contributed by atoms with Crippen molar-refractivity contribution in [3.8, 4) is 0 Å². The first-order chi connectivity index (χ1) is 10.7. The summed E-state index contributed by atoms with van der Waals surface area (Å²) in [5.41, 5.74) is 2.65. The number of carbonyl (C=O) groups is 1. The van der Waals surface area contributed by atoms with Crippen LogP contribution in [0.5, 0.6) is 0 Å². The molecule has 114 valence electrons. The fraction of sp³-hybridized carbons (Fsp3) is 0.211. The second-order valence-corrected chi connectivity index (χ2v) is 5.10. The summed E-state index contributed by atoms with van der Waals surface area (Å²) in [6, 6.07) is 19.9. The number of anilines is 1. The molecule has 0 saturated carbocycles. The minimum atomic E-state index is -0.374. The molecule has 22 heavy (non-hydrogen) atoms. The zero-order valence-electron chi connectivity index (χ0n) is 12.8. The molecule has 2 aromatic carbocycles. The molecule has 2 aromatic rings. The molecule has 3 nitrogen and oxygen atoms in total. The van der Waals surface area contributed by atoms with Gasteiger partial charge in [0, 0.05) is 5.69 Å². The lowest BCUT2D eigenvalue weighted by molar-refractivity contribution is -0.136. The zero-order valence-corrected chi connectivity index (χ0v) is 12.8. The van der Waals surface area contributed by atoms with E-state index in [1.54, 1.807) is 0 Å². The Balaban J connectivity index is 2.07. The Morgan fingerprint density at radius 2 is 1.68 bits per heavy atom. The van der Waals surface area contributed by atoms with Gasteiger partial charge in [0.2, 0.25) is 0 Å². The standard InChI is InChI=1S/C19H21NO2/c1-15(19(21)22-2)18(20-17-11-7-4-8-12-17)14-13-16-9-5-3-6-10-16/h3-12,18,20H,1,13-14H2,2H3. The molecule has 1 unspecified atom stereocenters. The Bertz CT molecular complexity index is 608. The van der Waals surface area contributed by atoms with E-state index in [0.717, 1.165) is 18.5 Å². The molecule has 0 heterocycles. The molecule has 0 aliphatic carbocycles. The molecule has 0 bridgehead atoms. The molecule has 3 heteroatoms. The van der Waals surface area contributed by atoms with Crippen molar-refractivity contribution < 1.29 is 9.53 Å². The number of rotatable bonds is 7. The Morgan fingerprint density at radius 3 is 2.27 bits per heavy atom. The molecule has 0 radical (unpaired) electrons. The van der Waals surface area contributed by atoms with Crippen LogP contribution in [-0.4, -0.2) is 19.1 Å². The quantitative estimate of drug-likeness (QED) is 0.623. The molecule has 1 atom stereocenters. The van der Waals surface area contributed by atoms with Crippen molar-refractivity contribution in [3.63, 3.8) is 0 Å². The van der Waals surface area contributed by atoms with Gasteiger partial charge < -0.3 is 10.1 Å². The topological polar surface area (TPSA) is 38.3 Å². The Morgan fingerprint density at radius 1 is 1.09 bits per heavy atom. The number of carbonyl (C=O) groups excluding carboxylic acids is 1. The van der Waals surface area contributed by atoms with Crippen LogP contribution >= 0.6 is 0 Å². The van der Waals surface area contributed by atoms with Crippen LogP contribution < -0.4 is 5.32 Å². The molecule has 2 rings (SSSR count). The van der Waals surface area contributed by atoms with Crippen molar-refractivity contribution in [1.82, 2.24) is 0 Å². The molecule has 1 N–H and O–H groups in total. The predicted molar refractivity (Wildman–Crippen MR) is 89.8 cm³/mol. The minimum Gasteiger partial charge on any atom is -0.466 e. The Hall–Kier alpha value is -2.55. The number of methoxy groups -OCH3 is 1. The number of aryl methyl sites for hydroxylation is 1. The van der Waals surface area contributed by atoms with E-state index in [-0.39, 0.29) is 12.0 Å². The highest BCUT2D eigenvalue weighted by Crippen LogP contribution is 2.17. The molecule has 0 aromatic heterocycles. The van der Waals surface area contributed by atoms with Gasteiger partial charge in [-0.15, -0.1) is 0 Å². The van der Waals surface area contributed by atoms with E-state index in [4.69, 9.17) is 4.74 Å². The molecule has 0 saturated heterocycles. The third-order valence-electron chi connectivity index (χ3n) is 3.55. The maximum absolute atomic E-state index is 11.8. The summed E-state index contributed by atoms with van der Waals surface area (Å²) < 4.78 is 4.80. The smallest absolute Gasteiger partial charge is 0.335 e. The summed E-state index contributed by atoms with van der Waals surface area (Å²) >= 11 is 0. The van der Waals surface area contributed by atoms with Gasteiger partial charge in [0.25, 0.3) is 0 Å². The van der Waals surface area contributed by atoms with Gasteiger partial charge in [-0.05, 0) is 30.5 Å². The summed E-state index contributed by atoms with van der Waals surface area (Å²) in [4.78, 5) is 11.8. The van der Waals surface area contributed by atoms with Gasteiger partial charge in [0.05, 0.1) is 18.7 Å². The van der Waals surface area contributed by atoms with Gasteiger partial charge in [-0.2, -0.15) is 0 Å². The first-order valence-electron chi connectivity index (χ1n) is 7.33. The van der Waals surface area contributed by atoms with Crippen LogP contribution in [0.4, 0.5) is 5.69 Å². The highest BCUT2D eigenvalue weighted by Gasteiger charge is 2.19. The fourth-order valence-corrected chi connectivity index (χ4v) is 2.30. The van der Waals surface area contributed by atoms with E-state index < -0.39 is 0 Å². The molecular formula is C19H21NO2. The normalized spacial score (nSPS) is 11.5. The zero-order chi connectivity index (χ0) is 15.8. The highest BCUT2D eigenvalue weighted by molar-refractivity contribution is 5.89. The first-order valence-corrected chi connectivity index (χ1v) is 7.33. The van der Waals surface area contributed by atoms with E-state index in [2.05, 4.69) is 24.0 Å². The van der Waals surface area contributed by atoms with Gasteiger partial charge in [-0.1, -0.05) is 55.1 Å². The van der Waals surface area contributed by atoms with Crippen LogP contribution in [0.25, 0.3) is 0 Å². The largest absolute Gasteiger partial charge is 0.466 e. The van der Waals surface area contributed by atoms with Crippen molar-refractivity contribution in [1.29, 1.82) is 0 Å². The number of hydrogen-bond acceptors (Lipinski definition) is 3. The van der Waals surface area contributed by atoms with Gasteiger partial charge >= 0.3 is 5.97 Å². The summed E-state index contributed by atoms with van der Waals surface area (Å²) in [5, 5.41) is 3.36. The Kier molecular flexibility index (Phi) is 5.78. The summed E-state index contributed by atoms with van der Waals surface area (Å²) in [6.07, 6.45) is 1.63. The van der Waals surface area contributed by atoms with Crippen LogP contribution in [-0.2, 0) is 16.0 Å². The number of hydrogen-bond donors (Lipinski definition) is 1. The molecule has 0 amide bonds. The Labute approximate surface area is 131 Å². The molecule has 0 fully saturated rings. The van der Waals surface area contributed by atoms with Crippen molar-refractivity contribution in [2.45, 2.75) is 18.9 Å². The first kappa shape index (κ1) is 15.8. The maximum Gasteiger partial charge on any atom is 0.335 e. The van der Waals surface area contributed by atoms with Gasteiger partial charge in [-0.25, -0.2) is 4.79 Å². The van der Waals surface area contributed by atoms with Crippen molar-refractivity contribution in [2.75, 3.05) is 12.4 Å². The maximum atomic E-state index is 11.8. The van der Waals surface area contributed by atoms with Crippen LogP contribution in [0.3, 0.4) is 0 Å². The lowest BCUT2D eigenvalue weighted by Crippen LogP contribution is -2.27. The van der Waals surface area contributed by atoms with Crippen LogP contribution in [0.1, 0.15) is 12.0 Å². The lowest BCUT2D eigenvalue weighted by Gasteiger charge is -2.21. The summed E-state index contributed by atoms with van der Waals surface area (Å²) in [7, 11) is 1.38. The number of esters is 1. The third kappa shape index (κ3) is 4.48. The predicted octanol–water partition coefficient (Wildman–Crippen LogP) is 3.83. The number of nitrogens with one attached hydrogen (secondary N) is 1. The van der Waals surface area contributed by atoms with E-state index in [1.807, 2.05) is 48.5 Å². The fourth-order valence-electron chi connectivity index (χ4n) is 2.30. The monoisotopic (exact) mass is 295 g/mol.